The van der Waals surface area contributed by atoms with Crippen LogP contribution in [0.25, 0.3) is 16.7 Å². The first-order valence-corrected chi connectivity index (χ1v) is 11.4. The molecule has 3 aromatic heterocycles. The van der Waals surface area contributed by atoms with Gasteiger partial charge in [-0.05, 0) is 52.8 Å². The molecule has 1 fully saturated rings. The summed E-state index contributed by atoms with van der Waals surface area (Å²) >= 11 is 0. The Kier molecular flexibility index (Phi) is 6.36. The maximum atomic E-state index is 14.2. The molecular weight excluding hydrogens is 454 g/mol. The molecule has 0 saturated carbocycles. The third-order valence-electron chi connectivity index (χ3n) is 5.97. The van der Waals surface area contributed by atoms with Crippen LogP contribution in [0.5, 0.6) is 0 Å². The second-order valence-corrected chi connectivity index (χ2v) is 9.78. The van der Waals surface area contributed by atoms with Gasteiger partial charge in [-0.3, -0.25) is 0 Å². The minimum Gasteiger partial charge on any atom is -0.444 e. The summed E-state index contributed by atoms with van der Waals surface area (Å²) in [5, 5.41) is 9.58. The van der Waals surface area contributed by atoms with E-state index in [0.29, 0.717) is 41.2 Å². The van der Waals surface area contributed by atoms with Gasteiger partial charge < -0.3 is 19.1 Å². The molecule has 0 bridgehead atoms. The largest absolute Gasteiger partial charge is 0.444 e. The summed E-state index contributed by atoms with van der Waals surface area (Å²) in [4.78, 5) is 25.1. The SMILES string of the molecule is CC1CN(C(=O)OC(C)(C)C)[C@@H](C)CN1c1nccc2c1c(C(F)F)cn2-c1cc(C#N)ccn1. The number of nitriles is 1. The van der Waals surface area contributed by atoms with Crippen molar-refractivity contribution in [3.8, 4) is 11.9 Å². The van der Waals surface area contributed by atoms with Gasteiger partial charge >= 0.3 is 6.09 Å². The minimum absolute atomic E-state index is 0.165. The Labute approximate surface area is 202 Å². The van der Waals surface area contributed by atoms with Gasteiger partial charge in [-0.2, -0.15) is 5.26 Å². The number of amides is 1. The molecule has 4 rings (SSSR count). The Bertz CT molecular complexity index is 1290. The molecule has 2 atom stereocenters. The van der Waals surface area contributed by atoms with Gasteiger partial charge in [0.1, 0.15) is 17.2 Å². The quantitative estimate of drug-likeness (QED) is 0.518. The van der Waals surface area contributed by atoms with Crippen molar-refractivity contribution >= 4 is 22.8 Å². The fourth-order valence-corrected chi connectivity index (χ4v) is 4.38. The zero-order chi connectivity index (χ0) is 25.5. The molecule has 1 aliphatic rings. The molecule has 3 aromatic rings. The van der Waals surface area contributed by atoms with E-state index in [1.807, 2.05) is 39.5 Å². The zero-order valence-electron chi connectivity index (χ0n) is 20.4. The van der Waals surface area contributed by atoms with Crippen LogP contribution in [0.4, 0.5) is 19.4 Å². The first-order valence-electron chi connectivity index (χ1n) is 11.4. The molecule has 1 saturated heterocycles. The van der Waals surface area contributed by atoms with Gasteiger partial charge in [0.2, 0.25) is 0 Å². The molecule has 0 aromatic carbocycles. The van der Waals surface area contributed by atoms with Crippen LogP contribution in [-0.4, -0.2) is 56.3 Å². The summed E-state index contributed by atoms with van der Waals surface area (Å²) < 4.78 is 35.5. The van der Waals surface area contributed by atoms with Crippen molar-refractivity contribution < 1.29 is 18.3 Å². The maximum absolute atomic E-state index is 14.2. The Hall–Kier alpha value is -3.74. The predicted octanol–water partition coefficient (Wildman–Crippen LogP) is 5.06. The van der Waals surface area contributed by atoms with E-state index in [4.69, 9.17) is 4.74 Å². The highest BCUT2D eigenvalue weighted by Crippen LogP contribution is 2.38. The van der Waals surface area contributed by atoms with Gasteiger partial charge in [-0.25, -0.2) is 23.5 Å². The van der Waals surface area contributed by atoms with Crippen molar-refractivity contribution in [3.05, 3.63) is 47.9 Å². The third kappa shape index (κ3) is 4.76. The van der Waals surface area contributed by atoms with E-state index in [0.717, 1.165) is 0 Å². The Balaban J connectivity index is 1.76. The van der Waals surface area contributed by atoms with Crippen LogP contribution < -0.4 is 4.90 Å². The number of carbonyl (C=O) groups is 1. The monoisotopic (exact) mass is 482 g/mol. The van der Waals surface area contributed by atoms with Gasteiger partial charge in [-0.1, -0.05) is 0 Å². The smallest absolute Gasteiger partial charge is 0.410 e. The van der Waals surface area contributed by atoms with E-state index in [1.54, 1.807) is 33.9 Å². The van der Waals surface area contributed by atoms with Crippen LogP contribution in [-0.2, 0) is 4.74 Å². The minimum atomic E-state index is -2.74. The molecule has 1 unspecified atom stereocenters. The molecule has 8 nitrogen and oxygen atoms in total. The van der Waals surface area contributed by atoms with Crippen LogP contribution in [0.1, 0.15) is 52.2 Å². The number of pyridine rings is 2. The standard InChI is InChI=1S/C25H28F2N6O2/c1-15-13-32(24(34)35-25(3,4)5)16(2)12-31(15)23-21-18(22(26)27)14-33(19(21)7-9-30-23)20-10-17(11-28)6-8-29-20/h6-10,14-16,22H,12-13H2,1-5H3/t15?,16-/m0/s1. The van der Waals surface area contributed by atoms with Gasteiger partial charge in [0.05, 0.1) is 22.5 Å². The Morgan fingerprint density at radius 1 is 1.17 bits per heavy atom. The molecule has 35 heavy (non-hydrogen) atoms. The highest BCUT2D eigenvalue weighted by atomic mass is 19.3. The van der Waals surface area contributed by atoms with Gasteiger partial charge in [0.25, 0.3) is 6.43 Å². The number of anilines is 1. The number of aromatic nitrogens is 3. The number of hydrogen-bond acceptors (Lipinski definition) is 6. The number of rotatable bonds is 3. The van der Waals surface area contributed by atoms with E-state index in [9.17, 15) is 18.8 Å². The number of hydrogen-bond donors (Lipinski definition) is 0. The number of halogens is 2. The average Bonchev–Trinajstić information content (AvgIpc) is 3.19. The topological polar surface area (TPSA) is 87.3 Å². The average molecular weight is 483 g/mol. The van der Waals surface area contributed by atoms with Crippen molar-refractivity contribution in [1.29, 1.82) is 5.26 Å². The number of nitrogens with zero attached hydrogens (tertiary/aromatic N) is 6. The number of carbonyl (C=O) groups excluding carboxylic acids is 1. The van der Waals surface area contributed by atoms with Crippen molar-refractivity contribution in [2.45, 2.75) is 58.7 Å². The van der Waals surface area contributed by atoms with Crippen LogP contribution >= 0.6 is 0 Å². The fourth-order valence-electron chi connectivity index (χ4n) is 4.38. The third-order valence-corrected chi connectivity index (χ3v) is 5.97. The van der Waals surface area contributed by atoms with E-state index < -0.39 is 18.1 Å². The summed E-state index contributed by atoms with van der Waals surface area (Å²) in [7, 11) is 0. The second-order valence-electron chi connectivity index (χ2n) is 9.78. The first-order chi connectivity index (χ1) is 16.5. The van der Waals surface area contributed by atoms with Crippen LogP contribution in [0.2, 0.25) is 0 Å². The number of ether oxygens (including phenoxy) is 1. The lowest BCUT2D eigenvalue weighted by atomic mass is 10.1. The molecule has 1 aliphatic heterocycles. The summed E-state index contributed by atoms with van der Waals surface area (Å²) in [5.41, 5.74) is 0.116. The Morgan fingerprint density at radius 2 is 1.89 bits per heavy atom. The van der Waals surface area contributed by atoms with E-state index in [1.165, 1.54) is 12.4 Å². The summed E-state index contributed by atoms with van der Waals surface area (Å²) in [6, 6.07) is 6.42. The first kappa shape index (κ1) is 24.4. The van der Waals surface area contributed by atoms with Crippen molar-refractivity contribution in [2.75, 3.05) is 18.0 Å². The zero-order valence-corrected chi connectivity index (χ0v) is 20.4. The normalized spacial score (nSPS) is 18.7. The summed E-state index contributed by atoms with van der Waals surface area (Å²) in [6.07, 6.45) is 1.27. The summed E-state index contributed by atoms with van der Waals surface area (Å²) in [6.45, 7) is 10.1. The van der Waals surface area contributed by atoms with E-state index in [-0.39, 0.29) is 17.6 Å². The second kappa shape index (κ2) is 9.13. The Morgan fingerprint density at radius 3 is 2.54 bits per heavy atom. The molecular formula is C25H28F2N6O2. The number of alkyl halides is 2. The van der Waals surface area contributed by atoms with Crippen molar-refractivity contribution in [2.24, 2.45) is 0 Å². The van der Waals surface area contributed by atoms with Gasteiger partial charge in [0, 0.05) is 49.3 Å². The number of piperazine rings is 1. The molecule has 4 heterocycles. The molecule has 10 heteroatoms. The molecule has 0 radical (unpaired) electrons. The molecule has 184 valence electrons. The highest BCUT2D eigenvalue weighted by Gasteiger charge is 2.36. The molecule has 0 spiro atoms. The number of fused-ring (bicyclic) bond motifs is 1. The van der Waals surface area contributed by atoms with Gasteiger partial charge in [0.15, 0.2) is 0 Å². The predicted molar refractivity (Wildman–Crippen MR) is 128 cm³/mol. The highest BCUT2D eigenvalue weighted by molar-refractivity contribution is 5.95. The maximum Gasteiger partial charge on any atom is 0.410 e. The van der Waals surface area contributed by atoms with Gasteiger partial charge in [-0.15, -0.1) is 0 Å². The van der Waals surface area contributed by atoms with Crippen LogP contribution in [0.3, 0.4) is 0 Å². The van der Waals surface area contributed by atoms with Crippen molar-refractivity contribution in [1.82, 2.24) is 19.4 Å². The lowest BCUT2D eigenvalue weighted by Crippen LogP contribution is -2.59. The van der Waals surface area contributed by atoms with Crippen LogP contribution in [0, 0.1) is 11.3 Å². The summed E-state index contributed by atoms with van der Waals surface area (Å²) in [5.74, 6) is 0.797. The lowest BCUT2D eigenvalue weighted by molar-refractivity contribution is 0.0130. The molecule has 1 amide bonds. The molecule has 0 N–H and O–H groups in total. The van der Waals surface area contributed by atoms with Crippen LogP contribution in [0.15, 0.2) is 36.8 Å². The van der Waals surface area contributed by atoms with Crippen molar-refractivity contribution in [3.63, 3.8) is 0 Å². The fraction of sp³-hybridized carbons (Fsp3) is 0.440. The van der Waals surface area contributed by atoms with E-state index >= 15 is 0 Å². The molecule has 0 aliphatic carbocycles. The van der Waals surface area contributed by atoms with E-state index in [2.05, 4.69) is 16.0 Å². The lowest BCUT2D eigenvalue weighted by Gasteiger charge is -2.44.